The van der Waals surface area contributed by atoms with Crippen LogP contribution in [0.1, 0.15) is 37.8 Å². The summed E-state index contributed by atoms with van der Waals surface area (Å²) in [5, 5.41) is 8.32. The molecule has 10 heteroatoms. The average molecular weight is 498 g/mol. The predicted molar refractivity (Wildman–Crippen MR) is 130 cm³/mol. The minimum absolute atomic E-state index is 0.126. The quantitative estimate of drug-likeness (QED) is 0.616. The van der Waals surface area contributed by atoms with Gasteiger partial charge in [0.05, 0.1) is 12.2 Å². The molecule has 0 spiro atoms. The van der Waals surface area contributed by atoms with E-state index in [-0.39, 0.29) is 11.9 Å². The molecular weight excluding hydrogens is 471 g/mol. The van der Waals surface area contributed by atoms with Crippen LogP contribution in [-0.2, 0) is 4.79 Å². The number of aromatic nitrogens is 2. The Morgan fingerprint density at radius 3 is 2.69 bits per heavy atom. The van der Waals surface area contributed by atoms with Gasteiger partial charge >= 0.3 is 0 Å². The van der Waals surface area contributed by atoms with Gasteiger partial charge in [0.25, 0.3) is 0 Å². The van der Waals surface area contributed by atoms with Gasteiger partial charge in [0.2, 0.25) is 11.9 Å². The molecule has 2 aliphatic heterocycles. The van der Waals surface area contributed by atoms with Crippen molar-refractivity contribution in [1.29, 1.82) is 0 Å². The van der Waals surface area contributed by atoms with Crippen LogP contribution in [0.15, 0.2) is 24.4 Å². The van der Waals surface area contributed by atoms with Crippen LogP contribution < -0.4 is 15.5 Å². The lowest BCUT2D eigenvalue weighted by atomic mass is 10.1. The number of piperazine rings is 1. The molecule has 7 nitrogen and oxygen atoms in total. The molecule has 2 aliphatic rings. The van der Waals surface area contributed by atoms with Gasteiger partial charge in [-0.3, -0.25) is 4.79 Å². The summed E-state index contributed by atoms with van der Waals surface area (Å²) in [5.74, 6) is 1.36. The fraction of sp³-hybridized carbons (Fsp3) is 0.500. The SMILES string of the molecule is CC(Nc1nc(N2CCN(C(=O)C[C@H]3CCCN3)CC2)ncc1Cl)c1ccc(Cl)cc1Cl. The monoisotopic (exact) mass is 496 g/mol. The van der Waals surface area contributed by atoms with Crippen LogP contribution in [0.5, 0.6) is 0 Å². The molecule has 0 bridgehead atoms. The molecule has 172 valence electrons. The summed E-state index contributed by atoms with van der Waals surface area (Å²) in [6.07, 6.45) is 4.42. The number of carbonyl (C=O) groups is 1. The molecule has 0 aliphatic carbocycles. The molecule has 0 saturated carbocycles. The number of nitrogens with zero attached hydrogens (tertiary/aromatic N) is 4. The lowest BCUT2D eigenvalue weighted by molar-refractivity contribution is -0.131. The zero-order valence-corrected chi connectivity index (χ0v) is 20.2. The zero-order valence-electron chi connectivity index (χ0n) is 18.0. The maximum Gasteiger partial charge on any atom is 0.227 e. The Kier molecular flexibility index (Phi) is 7.61. The summed E-state index contributed by atoms with van der Waals surface area (Å²) in [6.45, 7) is 5.69. The first-order valence-corrected chi connectivity index (χ1v) is 12.0. The molecule has 1 aromatic carbocycles. The first-order chi connectivity index (χ1) is 15.4. The highest BCUT2D eigenvalue weighted by Crippen LogP contribution is 2.30. The Bertz CT molecular complexity index is 961. The van der Waals surface area contributed by atoms with Crippen LogP contribution in [-0.4, -0.2) is 59.5 Å². The summed E-state index contributed by atoms with van der Waals surface area (Å²) in [7, 11) is 0. The maximum absolute atomic E-state index is 12.6. The average Bonchev–Trinajstić information content (AvgIpc) is 3.28. The standard InChI is InChI=1S/C22H27Cl3N6O/c1-14(17-5-4-15(23)11-18(17)24)28-21-19(25)13-27-22(29-21)31-9-7-30(8-10-31)20(32)12-16-3-2-6-26-16/h4-5,11,13-14,16,26H,2-3,6-10,12H2,1H3,(H,27,28,29)/t14?,16-/m1/s1. The molecule has 1 aromatic heterocycles. The topological polar surface area (TPSA) is 73.4 Å². The number of benzene rings is 1. The van der Waals surface area contributed by atoms with E-state index >= 15 is 0 Å². The van der Waals surface area contributed by atoms with Crippen molar-refractivity contribution in [2.75, 3.05) is 42.9 Å². The molecule has 3 heterocycles. The number of hydrogen-bond acceptors (Lipinski definition) is 6. The van der Waals surface area contributed by atoms with E-state index in [9.17, 15) is 4.79 Å². The molecule has 2 saturated heterocycles. The fourth-order valence-electron chi connectivity index (χ4n) is 4.17. The Morgan fingerprint density at radius 2 is 2.00 bits per heavy atom. The molecule has 4 rings (SSSR count). The van der Waals surface area contributed by atoms with E-state index in [0.29, 0.717) is 65.5 Å². The van der Waals surface area contributed by atoms with Crippen molar-refractivity contribution in [3.05, 3.63) is 45.0 Å². The first kappa shape index (κ1) is 23.4. The van der Waals surface area contributed by atoms with E-state index in [2.05, 4.69) is 25.5 Å². The van der Waals surface area contributed by atoms with Gasteiger partial charge in [-0.15, -0.1) is 0 Å². The van der Waals surface area contributed by atoms with E-state index in [4.69, 9.17) is 34.8 Å². The number of hydrogen-bond donors (Lipinski definition) is 2. The summed E-state index contributed by atoms with van der Waals surface area (Å²) in [6, 6.07) is 5.60. The van der Waals surface area contributed by atoms with Gasteiger partial charge < -0.3 is 20.4 Å². The van der Waals surface area contributed by atoms with Crippen molar-refractivity contribution >= 4 is 52.5 Å². The van der Waals surface area contributed by atoms with Crippen LogP contribution >= 0.6 is 34.8 Å². The zero-order chi connectivity index (χ0) is 22.7. The normalized spacial score (nSPS) is 19.8. The highest BCUT2D eigenvalue weighted by Gasteiger charge is 2.26. The lowest BCUT2D eigenvalue weighted by Crippen LogP contribution is -2.50. The van der Waals surface area contributed by atoms with Gasteiger partial charge in [-0.1, -0.05) is 40.9 Å². The summed E-state index contributed by atoms with van der Waals surface area (Å²) in [5.41, 5.74) is 0.899. The van der Waals surface area contributed by atoms with Crippen LogP contribution in [0.3, 0.4) is 0 Å². The van der Waals surface area contributed by atoms with E-state index < -0.39 is 0 Å². The smallest absolute Gasteiger partial charge is 0.227 e. The Balaban J connectivity index is 1.38. The highest BCUT2D eigenvalue weighted by atomic mass is 35.5. The summed E-state index contributed by atoms with van der Waals surface area (Å²) >= 11 is 18.7. The second-order valence-electron chi connectivity index (χ2n) is 8.26. The third-order valence-corrected chi connectivity index (χ3v) is 6.85. The van der Waals surface area contributed by atoms with Crippen molar-refractivity contribution < 1.29 is 4.79 Å². The third-order valence-electron chi connectivity index (χ3n) is 6.01. The van der Waals surface area contributed by atoms with Crippen molar-refractivity contribution in [3.8, 4) is 0 Å². The minimum Gasteiger partial charge on any atom is -0.362 e. The van der Waals surface area contributed by atoms with Crippen LogP contribution in [0.25, 0.3) is 0 Å². The maximum atomic E-state index is 12.6. The third kappa shape index (κ3) is 5.57. The van der Waals surface area contributed by atoms with Crippen molar-refractivity contribution in [2.45, 2.75) is 38.3 Å². The number of anilines is 2. The van der Waals surface area contributed by atoms with Gasteiger partial charge in [0.1, 0.15) is 5.02 Å². The van der Waals surface area contributed by atoms with Gasteiger partial charge in [-0.2, -0.15) is 4.98 Å². The minimum atomic E-state index is -0.126. The molecule has 0 radical (unpaired) electrons. The fourth-order valence-corrected chi connectivity index (χ4v) is 4.89. The van der Waals surface area contributed by atoms with Gasteiger partial charge in [-0.05, 0) is 44.0 Å². The molecule has 32 heavy (non-hydrogen) atoms. The number of rotatable bonds is 6. The van der Waals surface area contributed by atoms with Gasteiger partial charge in [0, 0.05) is 48.7 Å². The van der Waals surface area contributed by atoms with Gasteiger partial charge in [0.15, 0.2) is 5.82 Å². The Hall–Kier alpha value is -1.80. The largest absolute Gasteiger partial charge is 0.362 e. The summed E-state index contributed by atoms with van der Waals surface area (Å²) in [4.78, 5) is 25.7. The van der Waals surface area contributed by atoms with Crippen molar-refractivity contribution in [1.82, 2.24) is 20.2 Å². The second-order valence-corrected chi connectivity index (χ2v) is 9.51. The Morgan fingerprint density at radius 1 is 1.22 bits per heavy atom. The van der Waals surface area contributed by atoms with Crippen molar-refractivity contribution in [3.63, 3.8) is 0 Å². The number of nitrogens with one attached hydrogen (secondary N) is 2. The molecule has 2 fully saturated rings. The van der Waals surface area contributed by atoms with Gasteiger partial charge in [-0.25, -0.2) is 4.98 Å². The van der Waals surface area contributed by atoms with E-state index in [1.54, 1.807) is 18.3 Å². The number of halogens is 3. The van der Waals surface area contributed by atoms with E-state index in [1.807, 2.05) is 17.9 Å². The summed E-state index contributed by atoms with van der Waals surface area (Å²) < 4.78 is 0. The van der Waals surface area contributed by atoms with Crippen LogP contribution in [0, 0.1) is 0 Å². The molecular formula is C22H27Cl3N6O. The van der Waals surface area contributed by atoms with E-state index in [0.717, 1.165) is 24.9 Å². The molecule has 1 unspecified atom stereocenters. The highest BCUT2D eigenvalue weighted by molar-refractivity contribution is 6.35. The first-order valence-electron chi connectivity index (χ1n) is 10.9. The van der Waals surface area contributed by atoms with E-state index in [1.165, 1.54) is 0 Å². The molecule has 2 N–H and O–H groups in total. The Labute approximate surface area is 203 Å². The lowest BCUT2D eigenvalue weighted by Gasteiger charge is -2.35. The molecule has 2 aromatic rings. The number of carbonyl (C=O) groups excluding carboxylic acids is 1. The second kappa shape index (κ2) is 10.4. The molecule has 2 atom stereocenters. The van der Waals surface area contributed by atoms with Crippen molar-refractivity contribution in [2.24, 2.45) is 0 Å². The predicted octanol–water partition coefficient (Wildman–Crippen LogP) is 4.40. The number of amides is 1. The van der Waals surface area contributed by atoms with Crippen LogP contribution in [0.4, 0.5) is 11.8 Å². The molecule has 1 amide bonds. The van der Waals surface area contributed by atoms with Crippen LogP contribution in [0.2, 0.25) is 15.1 Å².